The number of alkyl halides is 3. The van der Waals surface area contributed by atoms with Crippen LogP contribution in [-0.2, 0) is 6.18 Å². The molecule has 0 saturated heterocycles. The lowest BCUT2D eigenvalue weighted by Gasteiger charge is -2.09. The fourth-order valence-corrected chi connectivity index (χ4v) is 1.44. The van der Waals surface area contributed by atoms with Crippen molar-refractivity contribution >= 4 is 21.7 Å². The van der Waals surface area contributed by atoms with E-state index in [-0.39, 0.29) is 10.0 Å². The van der Waals surface area contributed by atoms with Crippen LogP contribution in [0.2, 0.25) is 0 Å². The van der Waals surface area contributed by atoms with Crippen LogP contribution in [0, 0.1) is 12.3 Å². The molecule has 0 aliphatic rings. The van der Waals surface area contributed by atoms with Gasteiger partial charge in [0.25, 0.3) is 0 Å². The molecule has 1 aromatic carbocycles. The van der Waals surface area contributed by atoms with E-state index in [1.54, 1.807) is 5.92 Å². The lowest BCUT2D eigenvalue weighted by Crippen LogP contribution is -2.08. The minimum absolute atomic E-state index is 0.122. The Balaban J connectivity index is 3.31. The number of hydrogen-bond donors (Lipinski definition) is 0. The smallest absolute Gasteiger partial charge is 0.279 e. The topological polar surface area (TPSA) is 17.1 Å². The van der Waals surface area contributed by atoms with Crippen molar-refractivity contribution < 1.29 is 18.0 Å². The number of benzene rings is 1. The highest BCUT2D eigenvalue weighted by molar-refractivity contribution is 9.10. The van der Waals surface area contributed by atoms with Gasteiger partial charge in [-0.2, -0.15) is 13.2 Å². The molecule has 0 fully saturated rings. The highest BCUT2D eigenvalue weighted by Gasteiger charge is 2.33. The highest BCUT2D eigenvalue weighted by Crippen LogP contribution is 2.35. The van der Waals surface area contributed by atoms with Crippen LogP contribution in [0.1, 0.15) is 15.9 Å². The minimum atomic E-state index is -4.51. The Hall–Kier alpha value is -1.28. The van der Waals surface area contributed by atoms with E-state index in [1.807, 2.05) is 0 Å². The van der Waals surface area contributed by atoms with Gasteiger partial charge in [0.05, 0.1) is 5.56 Å². The minimum Gasteiger partial charge on any atom is -0.279 e. The number of terminal acetylenes is 1. The Morgan fingerprint density at radius 2 is 2.00 bits per heavy atom. The van der Waals surface area contributed by atoms with E-state index in [0.717, 1.165) is 12.1 Å². The van der Waals surface area contributed by atoms with Gasteiger partial charge in [0, 0.05) is 10.0 Å². The number of carbonyl (C=O) groups excluding carboxylic acids is 1. The quantitative estimate of drug-likeness (QED) is 0.437. The molecule has 0 aromatic heterocycles. The van der Waals surface area contributed by atoms with Gasteiger partial charge in [0.1, 0.15) is 0 Å². The number of halogens is 4. The fourth-order valence-electron chi connectivity index (χ4n) is 0.967. The highest BCUT2D eigenvalue weighted by atomic mass is 79.9. The summed E-state index contributed by atoms with van der Waals surface area (Å²) in [6, 6.07) is 3.11. The van der Waals surface area contributed by atoms with Gasteiger partial charge >= 0.3 is 6.18 Å². The normalized spacial score (nSPS) is 10.9. The molecule has 0 saturated carbocycles. The molecular formula is C10H4BrF3O. The predicted molar refractivity (Wildman–Crippen MR) is 52.3 cm³/mol. The van der Waals surface area contributed by atoms with Crippen molar-refractivity contribution in [1.29, 1.82) is 0 Å². The molecule has 0 spiro atoms. The average molecular weight is 277 g/mol. The molecule has 0 heterocycles. The first-order chi connectivity index (χ1) is 6.86. The van der Waals surface area contributed by atoms with E-state index in [1.165, 1.54) is 6.07 Å². The van der Waals surface area contributed by atoms with Crippen LogP contribution < -0.4 is 0 Å². The van der Waals surface area contributed by atoms with Crippen molar-refractivity contribution in [2.75, 3.05) is 0 Å². The van der Waals surface area contributed by atoms with Crippen LogP contribution in [-0.4, -0.2) is 5.78 Å². The van der Waals surface area contributed by atoms with Gasteiger partial charge in [0.2, 0.25) is 5.78 Å². The zero-order valence-electron chi connectivity index (χ0n) is 7.23. The van der Waals surface area contributed by atoms with Crippen molar-refractivity contribution in [2.24, 2.45) is 0 Å². The van der Waals surface area contributed by atoms with Crippen LogP contribution in [0.3, 0.4) is 0 Å². The molecule has 0 radical (unpaired) electrons. The standard InChI is InChI=1S/C10H4BrF3O/c1-2-9(15)6-3-4-8(11)7(5-6)10(12,13)14/h1,3-5H. The summed E-state index contributed by atoms with van der Waals surface area (Å²) in [5, 5.41) is 0. The number of ketones is 1. The molecule has 0 aliphatic heterocycles. The summed E-state index contributed by atoms with van der Waals surface area (Å²) in [5.41, 5.74) is -1.06. The van der Waals surface area contributed by atoms with Gasteiger partial charge in [-0.25, -0.2) is 0 Å². The van der Waals surface area contributed by atoms with Gasteiger partial charge < -0.3 is 0 Å². The van der Waals surface area contributed by atoms with Crippen molar-refractivity contribution in [3.8, 4) is 12.3 Å². The number of Topliss-reactive ketones (excluding diaryl/α,β-unsaturated/α-hetero) is 1. The number of carbonyl (C=O) groups is 1. The van der Waals surface area contributed by atoms with E-state index in [9.17, 15) is 18.0 Å². The number of rotatable bonds is 1. The maximum absolute atomic E-state index is 12.4. The van der Waals surface area contributed by atoms with E-state index in [0.29, 0.717) is 0 Å². The zero-order chi connectivity index (χ0) is 11.6. The third kappa shape index (κ3) is 2.60. The molecule has 0 unspecified atom stereocenters. The molecule has 0 N–H and O–H groups in total. The Kier molecular flexibility index (Phi) is 3.20. The van der Waals surface area contributed by atoms with Gasteiger partial charge in [-0.05, 0) is 24.1 Å². The van der Waals surface area contributed by atoms with Crippen LogP contribution in [0.4, 0.5) is 13.2 Å². The molecular weight excluding hydrogens is 273 g/mol. The van der Waals surface area contributed by atoms with E-state index in [4.69, 9.17) is 6.42 Å². The molecule has 1 aromatic rings. The Morgan fingerprint density at radius 3 is 2.47 bits per heavy atom. The second-order valence-electron chi connectivity index (χ2n) is 2.67. The number of hydrogen-bond acceptors (Lipinski definition) is 1. The summed E-state index contributed by atoms with van der Waals surface area (Å²) in [6.07, 6.45) is 0.299. The molecule has 0 aliphatic carbocycles. The lowest BCUT2D eigenvalue weighted by atomic mass is 10.1. The molecule has 0 atom stereocenters. The van der Waals surface area contributed by atoms with Gasteiger partial charge in [-0.1, -0.05) is 15.9 Å². The summed E-state index contributed by atoms with van der Waals surface area (Å²) in [7, 11) is 0. The molecule has 0 bridgehead atoms. The maximum Gasteiger partial charge on any atom is 0.417 e. The Labute approximate surface area is 92.4 Å². The lowest BCUT2D eigenvalue weighted by molar-refractivity contribution is -0.138. The van der Waals surface area contributed by atoms with E-state index < -0.39 is 17.5 Å². The van der Waals surface area contributed by atoms with Crippen LogP contribution in [0.5, 0.6) is 0 Å². The molecule has 5 heteroatoms. The summed E-state index contributed by atoms with van der Waals surface area (Å²) in [6.45, 7) is 0. The second-order valence-corrected chi connectivity index (χ2v) is 3.52. The molecule has 78 valence electrons. The fraction of sp³-hybridized carbons (Fsp3) is 0.100. The second kappa shape index (κ2) is 4.07. The molecule has 1 nitrogen and oxygen atoms in total. The Bertz CT molecular complexity index is 443. The van der Waals surface area contributed by atoms with Crippen molar-refractivity contribution in [2.45, 2.75) is 6.18 Å². The first-order valence-corrected chi connectivity index (χ1v) is 4.53. The van der Waals surface area contributed by atoms with Crippen LogP contribution >= 0.6 is 15.9 Å². The first-order valence-electron chi connectivity index (χ1n) is 3.74. The summed E-state index contributed by atoms with van der Waals surface area (Å²) in [5.74, 6) is 0.987. The molecule has 1 rings (SSSR count). The summed E-state index contributed by atoms with van der Waals surface area (Å²) < 4.78 is 37.1. The first kappa shape index (κ1) is 11.8. The summed E-state index contributed by atoms with van der Waals surface area (Å²) >= 11 is 2.75. The van der Waals surface area contributed by atoms with Crippen molar-refractivity contribution in [3.63, 3.8) is 0 Å². The van der Waals surface area contributed by atoms with E-state index >= 15 is 0 Å². The third-order valence-corrected chi connectivity index (χ3v) is 2.36. The van der Waals surface area contributed by atoms with Crippen LogP contribution in [0.25, 0.3) is 0 Å². The zero-order valence-corrected chi connectivity index (χ0v) is 8.82. The monoisotopic (exact) mass is 276 g/mol. The Morgan fingerprint density at radius 1 is 1.40 bits per heavy atom. The summed E-state index contributed by atoms with van der Waals surface area (Å²) in [4.78, 5) is 11.0. The molecule has 0 amide bonds. The molecule has 15 heavy (non-hydrogen) atoms. The average Bonchev–Trinajstić information content (AvgIpc) is 2.15. The predicted octanol–water partition coefficient (Wildman–Crippen LogP) is 3.28. The van der Waals surface area contributed by atoms with E-state index in [2.05, 4.69) is 15.9 Å². The largest absolute Gasteiger partial charge is 0.417 e. The van der Waals surface area contributed by atoms with Crippen molar-refractivity contribution in [3.05, 3.63) is 33.8 Å². The van der Waals surface area contributed by atoms with Crippen molar-refractivity contribution in [1.82, 2.24) is 0 Å². The maximum atomic E-state index is 12.4. The van der Waals surface area contributed by atoms with Gasteiger partial charge in [-0.3, -0.25) is 4.79 Å². The SMILES string of the molecule is C#CC(=O)c1ccc(Br)c(C(F)(F)F)c1. The van der Waals surface area contributed by atoms with Crippen LogP contribution in [0.15, 0.2) is 22.7 Å². The van der Waals surface area contributed by atoms with Gasteiger partial charge in [0.15, 0.2) is 0 Å². The van der Waals surface area contributed by atoms with Gasteiger partial charge in [-0.15, -0.1) is 6.42 Å². The third-order valence-electron chi connectivity index (χ3n) is 1.67.